The number of aromatic nitrogens is 6. The first-order chi connectivity index (χ1) is 15.0. The van der Waals surface area contributed by atoms with Crippen LogP contribution in [-0.4, -0.2) is 69.2 Å². The summed E-state index contributed by atoms with van der Waals surface area (Å²) in [5.74, 6) is 0.602. The zero-order chi connectivity index (χ0) is 21.4. The van der Waals surface area contributed by atoms with Gasteiger partial charge in [0.15, 0.2) is 5.65 Å². The molecule has 0 N–H and O–H groups in total. The van der Waals surface area contributed by atoms with Gasteiger partial charge in [0.2, 0.25) is 0 Å². The first kappa shape index (κ1) is 19.9. The molecule has 0 saturated carbocycles. The Morgan fingerprint density at radius 1 is 0.903 bits per heavy atom. The highest BCUT2D eigenvalue weighted by atomic mass is 19.4. The van der Waals surface area contributed by atoms with E-state index in [1.807, 2.05) is 11.0 Å². The Labute approximate surface area is 175 Å². The summed E-state index contributed by atoms with van der Waals surface area (Å²) in [5, 5.41) is 10.9. The fraction of sp³-hybridized carbons (Fsp3) is 0.526. The van der Waals surface area contributed by atoms with E-state index in [1.54, 1.807) is 12.4 Å². The van der Waals surface area contributed by atoms with Crippen molar-refractivity contribution < 1.29 is 17.9 Å². The molecular formula is C19H21F3N8O. The third kappa shape index (κ3) is 3.99. The number of piperazine rings is 1. The first-order valence-electron chi connectivity index (χ1n) is 10.2. The van der Waals surface area contributed by atoms with Crippen molar-refractivity contribution in [3.8, 4) is 0 Å². The fourth-order valence-corrected chi connectivity index (χ4v) is 4.04. The molecule has 3 aromatic heterocycles. The summed E-state index contributed by atoms with van der Waals surface area (Å²) < 4.78 is 45.6. The SMILES string of the molecule is FC(F)(F)c1nnc2ccc(N3CCN(c4cc(C5CCOCC5)ncn4)CC3)nn12. The van der Waals surface area contributed by atoms with Crippen LogP contribution in [0.2, 0.25) is 0 Å². The van der Waals surface area contributed by atoms with Crippen LogP contribution in [0.25, 0.3) is 5.65 Å². The van der Waals surface area contributed by atoms with Crippen LogP contribution < -0.4 is 9.80 Å². The third-order valence-corrected chi connectivity index (χ3v) is 5.74. The number of alkyl halides is 3. The molecule has 5 heterocycles. The number of ether oxygens (including phenoxy) is 1. The lowest BCUT2D eigenvalue weighted by Crippen LogP contribution is -2.47. The molecule has 164 valence electrons. The zero-order valence-electron chi connectivity index (χ0n) is 16.7. The topological polar surface area (TPSA) is 84.6 Å². The van der Waals surface area contributed by atoms with Crippen molar-refractivity contribution in [3.05, 3.63) is 36.0 Å². The van der Waals surface area contributed by atoms with E-state index in [9.17, 15) is 13.2 Å². The van der Waals surface area contributed by atoms with Crippen molar-refractivity contribution in [1.29, 1.82) is 0 Å². The molecule has 0 amide bonds. The zero-order valence-corrected chi connectivity index (χ0v) is 16.7. The molecule has 0 aliphatic carbocycles. The van der Waals surface area contributed by atoms with Gasteiger partial charge in [-0.3, -0.25) is 0 Å². The molecule has 0 radical (unpaired) electrons. The maximum atomic E-state index is 13.1. The molecule has 0 aromatic carbocycles. The Morgan fingerprint density at radius 2 is 1.61 bits per heavy atom. The van der Waals surface area contributed by atoms with E-state index < -0.39 is 12.0 Å². The monoisotopic (exact) mass is 434 g/mol. The lowest BCUT2D eigenvalue weighted by atomic mass is 9.96. The van der Waals surface area contributed by atoms with Gasteiger partial charge >= 0.3 is 6.18 Å². The Bertz CT molecular complexity index is 1060. The molecule has 0 spiro atoms. The molecule has 3 aromatic rings. The molecule has 31 heavy (non-hydrogen) atoms. The number of rotatable bonds is 3. The maximum absolute atomic E-state index is 13.1. The van der Waals surface area contributed by atoms with E-state index in [0.717, 1.165) is 42.1 Å². The van der Waals surface area contributed by atoms with Gasteiger partial charge in [-0.2, -0.15) is 17.7 Å². The fourth-order valence-electron chi connectivity index (χ4n) is 4.04. The molecule has 5 rings (SSSR count). The number of nitrogens with zero attached hydrogens (tertiary/aromatic N) is 8. The van der Waals surface area contributed by atoms with Crippen LogP contribution in [0.1, 0.15) is 30.3 Å². The van der Waals surface area contributed by atoms with Gasteiger partial charge in [0.25, 0.3) is 5.82 Å². The predicted octanol–water partition coefficient (Wildman–Crippen LogP) is 2.15. The minimum atomic E-state index is -4.61. The highest BCUT2D eigenvalue weighted by molar-refractivity contribution is 5.48. The quantitative estimate of drug-likeness (QED) is 0.620. The Balaban J connectivity index is 1.29. The lowest BCUT2D eigenvalue weighted by molar-refractivity contribution is -0.146. The Hall–Kier alpha value is -3.02. The van der Waals surface area contributed by atoms with Gasteiger partial charge in [0, 0.05) is 57.1 Å². The van der Waals surface area contributed by atoms with Gasteiger partial charge in [0.1, 0.15) is 18.0 Å². The molecule has 0 atom stereocenters. The smallest absolute Gasteiger partial charge is 0.381 e. The Morgan fingerprint density at radius 3 is 2.32 bits per heavy atom. The number of fused-ring (bicyclic) bond motifs is 1. The normalized spacial score (nSPS) is 18.7. The van der Waals surface area contributed by atoms with E-state index in [-0.39, 0.29) is 5.65 Å². The summed E-state index contributed by atoms with van der Waals surface area (Å²) in [6.45, 7) is 4.08. The van der Waals surface area contributed by atoms with Crippen LogP contribution in [0.5, 0.6) is 0 Å². The largest absolute Gasteiger partial charge is 0.453 e. The van der Waals surface area contributed by atoms with Gasteiger partial charge in [-0.25, -0.2) is 9.97 Å². The van der Waals surface area contributed by atoms with Crippen LogP contribution in [0, 0.1) is 0 Å². The molecule has 0 bridgehead atoms. The lowest BCUT2D eigenvalue weighted by Gasteiger charge is -2.36. The molecule has 2 aliphatic heterocycles. The van der Waals surface area contributed by atoms with Gasteiger partial charge in [0.05, 0.1) is 0 Å². The van der Waals surface area contributed by atoms with Crippen molar-refractivity contribution >= 4 is 17.3 Å². The second-order valence-electron chi connectivity index (χ2n) is 7.64. The third-order valence-electron chi connectivity index (χ3n) is 5.74. The molecule has 9 nitrogen and oxygen atoms in total. The number of hydrogen-bond donors (Lipinski definition) is 0. The molecule has 12 heteroatoms. The van der Waals surface area contributed by atoms with E-state index in [4.69, 9.17) is 4.74 Å². The van der Waals surface area contributed by atoms with Crippen LogP contribution in [0.4, 0.5) is 24.8 Å². The number of anilines is 2. The van der Waals surface area contributed by atoms with E-state index in [0.29, 0.717) is 37.9 Å². The average Bonchev–Trinajstić information content (AvgIpc) is 3.24. The molecule has 0 unspecified atom stereocenters. The van der Waals surface area contributed by atoms with Crippen LogP contribution in [-0.2, 0) is 10.9 Å². The summed E-state index contributed by atoms with van der Waals surface area (Å²) in [7, 11) is 0. The van der Waals surface area contributed by atoms with Crippen LogP contribution in [0.15, 0.2) is 24.5 Å². The van der Waals surface area contributed by atoms with Gasteiger partial charge in [-0.1, -0.05) is 0 Å². The highest BCUT2D eigenvalue weighted by Crippen LogP contribution is 2.29. The standard InChI is InChI=1S/C19H21F3N8O/c20-19(21,22)18-26-25-15-1-2-16(27-30(15)18)28-5-7-29(8-6-28)17-11-14(23-12-24-17)13-3-9-31-10-4-13/h1-2,11-13H,3-10H2. The minimum Gasteiger partial charge on any atom is -0.381 e. The summed E-state index contributed by atoms with van der Waals surface area (Å²) in [6.07, 6.45) is -1.09. The average molecular weight is 434 g/mol. The summed E-state index contributed by atoms with van der Waals surface area (Å²) in [6, 6.07) is 5.22. The highest BCUT2D eigenvalue weighted by Gasteiger charge is 2.38. The minimum absolute atomic E-state index is 0.0661. The molecule has 2 fully saturated rings. The van der Waals surface area contributed by atoms with E-state index in [2.05, 4.69) is 30.2 Å². The molecule has 2 aliphatic rings. The van der Waals surface area contributed by atoms with Crippen LogP contribution >= 0.6 is 0 Å². The van der Waals surface area contributed by atoms with Gasteiger partial charge in [-0.15, -0.1) is 15.3 Å². The van der Waals surface area contributed by atoms with Crippen molar-refractivity contribution in [3.63, 3.8) is 0 Å². The Kier molecular flexibility index (Phi) is 5.08. The summed E-state index contributed by atoms with van der Waals surface area (Å²) in [4.78, 5) is 13.0. The van der Waals surface area contributed by atoms with Crippen LogP contribution in [0.3, 0.4) is 0 Å². The van der Waals surface area contributed by atoms with Crippen molar-refractivity contribution in [1.82, 2.24) is 29.8 Å². The maximum Gasteiger partial charge on any atom is 0.453 e. The van der Waals surface area contributed by atoms with Crippen molar-refractivity contribution in [2.45, 2.75) is 24.9 Å². The predicted molar refractivity (Wildman–Crippen MR) is 105 cm³/mol. The summed E-state index contributed by atoms with van der Waals surface area (Å²) in [5.41, 5.74) is 1.10. The number of halogens is 3. The van der Waals surface area contributed by atoms with E-state index in [1.165, 1.54) is 6.07 Å². The van der Waals surface area contributed by atoms with Gasteiger partial charge < -0.3 is 14.5 Å². The van der Waals surface area contributed by atoms with E-state index >= 15 is 0 Å². The molecule has 2 saturated heterocycles. The number of hydrogen-bond acceptors (Lipinski definition) is 8. The van der Waals surface area contributed by atoms with Crippen molar-refractivity contribution in [2.75, 3.05) is 49.2 Å². The summed E-state index contributed by atoms with van der Waals surface area (Å²) >= 11 is 0. The second kappa shape index (κ2) is 7.91. The molecular weight excluding hydrogens is 413 g/mol. The van der Waals surface area contributed by atoms with Gasteiger partial charge in [-0.05, 0) is 25.0 Å². The first-order valence-corrected chi connectivity index (χ1v) is 10.2. The second-order valence-corrected chi connectivity index (χ2v) is 7.64. The van der Waals surface area contributed by atoms with Crippen molar-refractivity contribution in [2.24, 2.45) is 0 Å².